The van der Waals surface area contributed by atoms with Crippen LogP contribution in [0.4, 0.5) is 14.5 Å². The Balaban J connectivity index is 2.15. The van der Waals surface area contributed by atoms with E-state index in [1.165, 1.54) is 18.0 Å². The molecule has 1 aromatic rings. The van der Waals surface area contributed by atoms with Crippen molar-refractivity contribution in [3.05, 3.63) is 28.8 Å². The molecule has 22 heavy (non-hydrogen) atoms. The number of nitrogens with zero attached hydrogens (tertiary/aromatic N) is 1. The summed E-state index contributed by atoms with van der Waals surface area (Å²) < 4.78 is 31.8. The number of likely N-dealkylation sites (N-methyl/N-ethyl adjacent to an activating group) is 1. The van der Waals surface area contributed by atoms with Crippen molar-refractivity contribution in [1.29, 1.82) is 0 Å². The van der Waals surface area contributed by atoms with Crippen molar-refractivity contribution in [2.75, 3.05) is 18.6 Å². The minimum absolute atomic E-state index is 0.0772. The Morgan fingerprint density at radius 2 is 2.18 bits per heavy atom. The van der Waals surface area contributed by atoms with E-state index in [0.717, 1.165) is 0 Å². The average molecular weight is 330 g/mol. The number of alkyl halides is 2. The fraction of sp³-hybridized carbons (Fsp3) is 0.467. The van der Waals surface area contributed by atoms with Gasteiger partial charge in [0.05, 0.1) is 23.9 Å². The van der Waals surface area contributed by atoms with E-state index >= 15 is 0 Å². The van der Waals surface area contributed by atoms with E-state index in [4.69, 9.17) is 16.3 Å². The zero-order valence-corrected chi connectivity index (χ0v) is 12.7. The normalized spacial score (nSPS) is 29.2. The number of rotatable bonds is 3. The molecule has 7 heteroatoms. The molecule has 0 N–H and O–H groups in total. The molecule has 0 unspecified atom stereocenters. The van der Waals surface area contributed by atoms with Crippen LogP contribution < -0.4 is 4.90 Å². The average Bonchev–Trinajstić information content (AvgIpc) is 3.12. The number of anilines is 1. The smallest absolute Gasteiger partial charge is 0.310 e. The second-order valence-corrected chi connectivity index (χ2v) is 5.92. The van der Waals surface area contributed by atoms with Crippen LogP contribution in [0.15, 0.2) is 18.2 Å². The van der Waals surface area contributed by atoms with Crippen molar-refractivity contribution in [2.24, 2.45) is 11.8 Å². The van der Waals surface area contributed by atoms with Crippen molar-refractivity contribution in [3.63, 3.8) is 0 Å². The van der Waals surface area contributed by atoms with Crippen molar-refractivity contribution in [2.45, 2.75) is 18.8 Å². The minimum atomic E-state index is -2.79. The maximum Gasteiger partial charge on any atom is 0.310 e. The standard InChI is InChI=1S/C15H14ClF2NO3/c1-3-22-13(20)11-10(12(17)18)15(11)8-6-7(16)4-5-9(8)19(2)14(15)21/h4-6,10-12H,3H2,1-2H3/t10-,11-,15+/m1/s1. The summed E-state index contributed by atoms with van der Waals surface area (Å²) in [6.45, 7) is 1.67. The molecule has 1 amide bonds. The van der Waals surface area contributed by atoms with Gasteiger partial charge >= 0.3 is 5.97 Å². The van der Waals surface area contributed by atoms with Gasteiger partial charge in [-0.2, -0.15) is 0 Å². The molecule has 0 bridgehead atoms. The van der Waals surface area contributed by atoms with E-state index in [1.54, 1.807) is 19.1 Å². The zero-order chi connectivity index (χ0) is 16.2. The number of carbonyl (C=O) groups excluding carboxylic acids is 2. The maximum absolute atomic E-state index is 13.5. The van der Waals surface area contributed by atoms with E-state index in [2.05, 4.69) is 0 Å². The molecule has 2 aliphatic rings. The first kappa shape index (κ1) is 15.2. The monoisotopic (exact) mass is 329 g/mol. The van der Waals surface area contributed by atoms with E-state index in [9.17, 15) is 18.4 Å². The summed E-state index contributed by atoms with van der Waals surface area (Å²) in [5.74, 6) is -3.81. The van der Waals surface area contributed by atoms with Crippen molar-refractivity contribution in [1.82, 2.24) is 0 Å². The number of carbonyl (C=O) groups is 2. The van der Waals surface area contributed by atoms with Crippen LogP contribution in [0.1, 0.15) is 12.5 Å². The molecular formula is C15H14ClF2NO3. The third kappa shape index (κ3) is 1.73. The van der Waals surface area contributed by atoms with Gasteiger partial charge in [-0.3, -0.25) is 9.59 Å². The van der Waals surface area contributed by atoms with Crippen LogP contribution in [0, 0.1) is 11.8 Å². The second-order valence-electron chi connectivity index (χ2n) is 5.48. The summed E-state index contributed by atoms with van der Waals surface area (Å²) >= 11 is 5.96. The number of halogens is 3. The van der Waals surface area contributed by atoms with Gasteiger partial charge in [-0.15, -0.1) is 0 Å². The van der Waals surface area contributed by atoms with Gasteiger partial charge in [0, 0.05) is 17.8 Å². The molecule has 0 aromatic heterocycles. The second kappa shape index (κ2) is 4.91. The number of fused-ring (bicyclic) bond motifs is 2. The maximum atomic E-state index is 13.5. The van der Waals surface area contributed by atoms with Crippen molar-refractivity contribution < 1.29 is 23.1 Å². The summed E-state index contributed by atoms with van der Waals surface area (Å²) in [6.07, 6.45) is -2.79. The van der Waals surface area contributed by atoms with Gasteiger partial charge < -0.3 is 9.64 Å². The largest absolute Gasteiger partial charge is 0.466 e. The van der Waals surface area contributed by atoms with Crippen LogP contribution in [0.25, 0.3) is 0 Å². The van der Waals surface area contributed by atoms with Crippen LogP contribution in [-0.2, 0) is 19.7 Å². The third-order valence-corrected chi connectivity index (χ3v) is 4.74. The molecule has 1 heterocycles. The highest BCUT2D eigenvalue weighted by Crippen LogP contribution is 2.68. The zero-order valence-electron chi connectivity index (χ0n) is 12.0. The van der Waals surface area contributed by atoms with Gasteiger partial charge in [-0.25, -0.2) is 8.78 Å². The molecule has 1 fully saturated rings. The lowest BCUT2D eigenvalue weighted by atomic mass is 9.93. The summed E-state index contributed by atoms with van der Waals surface area (Å²) in [4.78, 5) is 26.0. The van der Waals surface area contributed by atoms with E-state index < -0.39 is 35.6 Å². The molecule has 0 saturated heterocycles. The molecule has 3 rings (SSSR count). The van der Waals surface area contributed by atoms with E-state index in [1.807, 2.05) is 0 Å². The van der Waals surface area contributed by atoms with Crippen LogP contribution >= 0.6 is 11.6 Å². The van der Waals surface area contributed by atoms with Gasteiger partial charge in [0.2, 0.25) is 12.3 Å². The topological polar surface area (TPSA) is 46.6 Å². The number of benzene rings is 1. The Bertz CT molecular complexity index is 666. The first-order chi connectivity index (χ1) is 10.4. The minimum Gasteiger partial charge on any atom is -0.466 e. The summed E-state index contributed by atoms with van der Waals surface area (Å²) in [5, 5.41) is 0.337. The SMILES string of the molecule is CCOC(=O)[C@H]1[C@H](C(F)F)[C@]12C(=O)N(C)c1ccc(Cl)cc12. The molecule has 118 valence electrons. The Hall–Kier alpha value is -1.69. The molecule has 3 atom stereocenters. The molecule has 0 radical (unpaired) electrons. The van der Waals surface area contributed by atoms with Gasteiger partial charge in [0.1, 0.15) is 0 Å². The lowest BCUT2D eigenvalue weighted by molar-refractivity contribution is -0.146. The Labute approximate surface area is 131 Å². The number of amides is 1. The number of hydrogen-bond acceptors (Lipinski definition) is 3. The molecule has 1 aromatic carbocycles. The summed E-state index contributed by atoms with van der Waals surface area (Å²) in [7, 11) is 1.51. The highest BCUT2D eigenvalue weighted by Gasteiger charge is 2.80. The Kier molecular flexibility index (Phi) is 3.40. The Morgan fingerprint density at radius 1 is 1.50 bits per heavy atom. The molecular weight excluding hydrogens is 316 g/mol. The first-order valence-electron chi connectivity index (χ1n) is 6.90. The fourth-order valence-electron chi connectivity index (χ4n) is 3.58. The number of ether oxygens (including phenoxy) is 1. The van der Waals surface area contributed by atoms with E-state index in [-0.39, 0.29) is 6.61 Å². The molecule has 1 saturated carbocycles. The lowest BCUT2D eigenvalue weighted by Crippen LogP contribution is -2.32. The summed E-state index contributed by atoms with van der Waals surface area (Å²) in [6, 6.07) is 4.68. The molecule has 1 aliphatic heterocycles. The predicted octanol–water partition coefficient (Wildman–Crippen LogP) is 2.63. The van der Waals surface area contributed by atoms with Crippen LogP contribution in [0.3, 0.4) is 0 Å². The number of esters is 1. The van der Waals surface area contributed by atoms with Crippen LogP contribution in [-0.4, -0.2) is 32.0 Å². The molecule has 4 nitrogen and oxygen atoms in total. The lowest BCUT2D eigenvalue weighted by Gasteiger charge is -2.11. The molecule has 1 spiro atoms. The van der Waals surface area contributed by atoms with Gasteiger partial charge in [0.15, 0.2) is 0 Å². The predicted molar refractivity (Wildman–Crippen MR) is 76.2 cm³/mol. The third-order valence-electron chi connectivity index (χ3n) is 4.50. The van der Waals surface area contributed by atoms with Crippen LogP contribution in [0.2, 0.25) is 5.02 Å². The number of hydrogen-bond donors (Lipinski definition) is 0. The highest BCUT2D eigenvalue weighted by atomic mass is 35.5. The van der Waals surface area contributed by atoms with Gasteiger partial charge in [-0.1, -0.05) is 11.6 Å². The first-order valence-corrected chi connectivity index (χ1v) is 7.28. The van der Waals surface area contributed by atoms with Crippen LogP contribution in [0.5, 0.6) is 0 Å². The molecule has 1 aliphatic carbocycles. The van der Waals surface area contributed by atoms with E-state index in [0.29, 0.717) is 16.3 Å². The fourth-order valence-corrected chi connectivity index (χ4v) is 3.75. The summed E-state index contributed by atoms with van der Waals surface area (Å²) in [5.41, 5.74) is -0.655. The van der Waals surface area contributed by atoms with Gasteiger partial charge in [0.25, 0.3) is 0 Å². The van der Waals surface area contributed by atoms with Crippen molar-refractivity contribution in [3.8, 4) is 0 Å². The highest BCUT2D eigenvalue weighted by molar-refractivity contribution is 6.31. The Morgan fingerprint density at radius 3 is 2.77 bits per heavy atom. The van der Waals surface area contributed by atoms with Crippen molar-refractivity contribution >= 4 is 29.2 Å². The van der Waals surface area contributed by atoms with Gasteiger partial charge in [-0.05, 0) is 30.7 Å². The quantitative estimate of drug-likeness (QED) is 0.801.